The maximum Gasteiger partial charge on any atom is 0.470 e. The van der Waals surface area contributed by atoms with E-state index in [1.807, 2.05) is 0 Å². The lowest BCUT2D eigenvalue weighted by Gasteiger charge is -2.43. The highest BCUT2D eigenvalue weighted by atomic mass is 32.2. The molecule has 2 aliphatic heterocycles. The number of phosphoric acid groups is 1. The van der Waals surface area contributed by atoms with Gasteiger partial charge in [-0.05, 0) is 35.4 Å². The Morgan fingerprint density at radius 3 is 2.15 bits per heavy atom. The fourth-order valence-corrected chi connectivity index (χ4v) is 11.1. The first-order valence-electron chi connectivity index (χ1n) is 21.9. The number of aromatic nitrogens is 4. The summed E-state index contributed by atoms with van der Waals surface area (Å²) >= 11 is 0.790. The summed E-state index contributed by atoms with van der Waals surface area (Å²) in [7, 11) is -16.9. The van der Waals surface area contributed by atoms with Crippen LogP contribution < -0.4 is 27.4 Å². The topological polar surface area (TPSA) is 470 Å². The van der Waals surface area contributed by atoms with E-state index in [2.05, 4.69) is 35.4 Å². The summed E-state index contributed by atoms with van der Waals surface area (Å²) in [4.78, 5) is 118. The first-order chi connectivity index (χ1) is 34.6. The number of carbonyl (C=O) groups is 5. The zero-order chi connectivity index (χ0) is 54.5. The zero-order valence-electron chi connectivity index (χ0n) is 39.0. The van der Waals surface area contributed by atoms with Gasteiger partial charge in [-0.3, -0.25) is 42.1 Å². The summed E-state index contributed by atoms with van der Waals surface area (Å²) in [6, 6.07) is 7.95. The monoisotopic (exact) mass is 1120 g/mol. The van der Waals surface area contributed by atoms with Gasteiger partial charge in [-0.2, -0.15) is 0 Å². The fourth-order valence-electron chi connectivity index (χ4n) is 7.32. The number of β-lactam (4-membered cyclic amide) rings is 1. The van der Waals surface area contributed by atoms with Crippen molar-refractivity contribution in [1.29, 1.82) is 0 Å². The van der Waals surface area contributed by atoms with E-state index in [1.54, 1.807) is 0 Å². The molecule has 0 radical (unpaired) electrons. The first-order valence-corrected chi connectivity index (χ1v) is 28.3. The van der Waals surface area contributed by atoms with Gasteiger partial charge in [-0.1, -0.05) is 49.9 Å². The number of thioether (sulfide) groups is 1. The SMILES string of the molecule is CC(C)(COP(=O)(O)P(=O)(O)OC[C@H]1O[C@@H](n2cnc3c(N)ncnc32)[C@H](O)[C@@H]1OP(=O)(O)O)[C@@H](O)C(=O)NCCC(=O)NCCSC(=O)[C@@H](c1ccc(O)cc1)N1C[C@H](NC(=O)[C@H](N)c2ccc(O)cc2)C1=O. The molecule has 2 aromatic heterocycles. The Morgan fingerprint density at radius 1 is 0.905 bits per heavy atom. The molecule has 0 spiro atoms. The molecule has 2 unspecified atom stereocenters. The van der Waals surface area contributed by atoms with E-state index < -0.39 is 119 Å². The summed E-state index contributed by atoms with van der Waals surface area (Å²) < 4.78 is 59.0. The predicted octanol–water partition coefficient (Wildman–Crippen LogP) is -1.09. The Hall–Kier alpha value is -5.46. The number of anilines is 1. The lowest BCUT2D eigenvalue weighted by molar-refractivity contribution is -0.152. The Morgan fingerprint density at radius 2 is 1.53 bits per heavy atom. The van der Waals surface area contributed by atoms with Gasteiger partial charge in [0, 0.05) is 30.7 Å². The van der Waals surface area contributed by atoms with Gasteiger partial charge in [0.2, 0.25) is 28.7 Å². The molecule has 4 amide bonds. The van der Waals surface area contributed by atoms with E-state index in [4.69, 9.17) is 25.3 Å². The van der Waals surface area contributed by atoms with Gasteiger partial charge in [0.05, 0.1) is 26.1 Å². The molecule has 74 heavy (non-hydrogen) atoms. The number of imidazole rings is 1. The van der Waals surface area contributed by atoms with Crippen molar-refractivity contribution in [3.8, 4) is 11.5 Å². The number of rotatable bonds is 24. The van der Waals surface area contributed by atoms with Crippen LogP contribution in [0.1, 0.15) is 49.7 Å². The van der Waals surface area contributed by atoms with E-state index in [-0.39, 0.29) is 60.3 Å². The summed E-state index contributed by atoms with van der Waals surface area (Å²) in [5.74, 6) is -3.05. The number of likely N-dealkylation sites (tertiary alicyclic amines) is 1. The number of carbonyl (C=O) groups excluding carboxylic acids is 5. The number of nitrogens with one attached hydrogen (secondary N) is 3. The molecular weight excluding hydrogens is 1070 g/mol. The number of amides is 4. The van der Waals surface area contributed by atoms with Crippen LogP contribution in [0.5, 0.6) is 11.5 Å². The molecule has 34 heteroatoms. The Bertz CT molecular complexity index is 2860. The smallest absolute Gasteiger partial charge is 0.470 e. The molecule has 0 saturated carbocycles. The fraction of sp³-hybridized carbons (Fsp3) is 0.450. The number of benzene rings is 2. The number of ether oxygens (including phenoxy) is 1. The van der Waals surface area contributed by atoms with Gasteiger partial charge in [0.1, 0.15) is 65.9 Å². The number of hydrogen-bond donors (Lipinski definition) is 13. The number of aliphatic hydroxyl groups excluding tert-OH is 2. The number of aromatic hydroxyl groups is 2. The first kappa shape index (κ1) is 57.8. The number of nitrogens with two attached hydrogens (primary N) is 2. The van der Waals surface area contributed by atoms with Crippen LogP contribution in [-0.2, 0) is 56.0 Å². The Labute approximate surface area is 423 Å². The molecule has 2 saturated heterocycles. The van der Waals surface area contributed by atoms with Gasteiger partial charge in [0.25, 0.3) is 0 Å². The molecule has 30 nitrogen and oxygen atoms in total. The molecule has 10 atom stereocenters. The number of fused-ring (bicyclic) bond motifs is 1. The molecule has 404 valence electrons. The van der Waals surface area contributed by atoms with Crippen LogP contribution in [0.4, 0.5) is 5.82 Å². The molecule has 2 fully saturated rings. The van der Waals surface area contributed by atoms with Crippen LogP contribution in [-0.4, -0.2) is 162 Å². The maximum atomic E-state index is 13.5. The molecule has 15 N–H and O–H groups in total. The Kier molecular flexibility index (Phi) is 18.4. The van der Waals surface area contributed by atoms with E-state index in [9.17, 15) is 77.7 Å². The second-order valence-corrected chi connectivity index (χ2v) is 25.1. The van der Waals surface area contributed by atoms with E-state index in [0.717, 1.165) is 29.0 Å². The van der Waals surface area contributed by atoms with Gasteiger partial charge in [-0.25, -0.2) is 28.6 Å². The number of phenolic OH excluding ortho intramolecular Hbond substituents is 2. The molecule has 4 heterocycles. The van der Waals surface area contributed by atoms with Crippen molar-refractivity contribution in [3.05, 3.63) is 72.3 Å². The average molecular weight is 1120 g/mol. The lowest BCUT2D eigenvalue weighted by atomic mass is 9.87. The number of phenols is 2. The summed E-state index contributed by atoms with van der Waals surface area (Å²) in [5.41, 5.74) is 10.9. The molecule has 0 bridgehead atoms. The maximum absolute atomic E-state index is 13.5. The minimum absolute atomic E-state index is 0.000740. The number of nitrogens with zero attached hydrogens (tertiary/aromatic N) is 5. The van der Waals surface area contributed by atoms with Crippen molar-refractivity contribution < 1.29 is 96.0 Å². The number of aliphatic hydroxyl groups is 2. The van der Waals surface area contributed by atoms with Crippen LogP contribution in [0, 0.1) is 5.41 Å². The number of nitrogen functional groups attached to an aromatic ring is 1. The third kappa shape index (κ3) is 13.9. The van der Waals surface area contributed by atoms with Crippen molar-refractivity contribution in [1.82, 2.24) is 40.4 Å². The highest BCUT2D eigenvalue weighted by Gasteiger charge is 2.53. The Balaban J connectivity index is 0.932. The lowest BCUT2D eigenvalue weighted by Crippen LogP contribution is -2.65. The van der Waals surface area contributed by atoms with Crippen LogP contribution in [0.25, 0.3) is 11.2 Å². The van der Waals surface area contributed by atoms with Crippen molar-refractivity contribution in [2.45, 2.75) is 69.0 Å². The molecule has 0 aliphatic carbocycles. The van der Waals surface area contributed by atoms with Crippen LogP contribution in [0.2, 0.25) is 0 Å². The van der Waals surface area contributed by atoms with Gasteiger partial charge >= 0.3 is 22.4 Å². The molecule has 2 aliphatic rings. The third-order valence-corrected chi connectivity index (χ3v) is 17.1. The average Bonchev–Trinajstić information content (AvgIpc) is 3.90. The van der Waals surface area contributed by atoms with E-state index in [1.165, 1.54) is 67.3 Å². The van der Waals surface area contributed by atoms with Crippen LogP contribution in [0.3, 0.4) is 0 Å². The molecular formula is C40H53N10O20P3S. The summed E-state index contributed by atoms with van der Waals surface area (Å²) in [6.45, 7) is -0.255. The normalized spacial score (nSPS) is 21.9. The van der Waals surface area contributed by atoms with Crippen molar-refractivity contribution in [2.24, 2.45) is 11.1 Å². The van der Waals surface area contributed by atoms with Crippen molar-refractivity contribution in [2.75, 3.05) is 44.3 Å². The van der Waals surface area contributed by atoms with Crippen molar-refractivity contribution >= 4 is 79.9 Å². The predicted molar refractivity (Wildman–Crippen MR) is 256 cm³/mol. The van der Waals surface area contributed by atoms with E-state index in [0.29, 0.717) is 11.1 Å². The van der Waals surface area contributed by atoms with Crippen LogP contribution >= 0.6 is 34.2 Å². The van der Waals surface area contributed by atoms with Gasteiger partial charge in [-0.15, -0.1) is 0 Å². The molecule has 6 rings (SSSR count). The zero-order valence-corrected chi connectivity index (χ0v) is 42.5. The van der Waals surface area contributed by atoms with Crippen molar-refractivity contribution in [3.63, 3.8) is 0 Å². The highest BCUT2D eigenvalue weighted by Crippen LogP contribution is 2.78. The summed E-state index contributed by atoms with van der Waals surface area (Å²) in [6.07, 6.45) is -7.46. The van der Waals surface area contributed by atoms with Crippen LogP contribution in [0.15, 0.2) is 61.2 Å². The third-order valence-electron chi connectivity index (χ3n) is 11.4. The standard InChI is InChI=1S/C40H53N10O20P3S/c1-40(2,17-68-73(65,66)72(63,64)67-16-25-31(70-71(60,61)62)30(54)38(69-25)50-19-47-28-33(42)45-18-46-34(28)50)32(55)36(57)44-12-11-26(53)43-13-14-74-39(59)29(21-5-9-23(52)10-6-21)49-15-24(37(49)58)48-35(56)27(41)20-3-7-22(51)8-4-20/h3-10,18-19,24-25,27,29-32,38,51-52,54-55H,11-17,41H2,1-2H3,(H,43,53)(H,44,57)(H,48,56)(H,63,64)(H,65,66)(H2,42,45,46)(H2,60,61,62)/t24-,25+,27+,29+,30+,31+,32-,38+/m0/s1. The number of hydrogen-bond acceptors (Lipinski definition) is 22. The molecule has 2 aromatic carbocycles. The largest absolute Gasteiger partial charge is 0.508 e. The van der Waals surface area contributed by atoms with Gasteiger partial charge < -0.3 is 77.1 Å². The quantitative estimate of drug-likeness (QED) is 0.0225. The second-order valence-electron chi connectivity index (χ2n) is 17.3. The number of phosphoric ester groups is 1. The summed E-state index contributed by atoms with van der Waals surface area (Å²) in [5, 5.41) is 48.0. The highest BCUT2D eigenvalue weighted by molar-refractivity contribution is 8.26. The molecule has 4 aromatic rings. The van der Waals surface area contributed by atoms with Gasteiger partial charge in [0.15, 0.2) is 17.7 Å². The minimum Gasteiger partial charge on any atom is -0.508 e. The van der Waals surface area contributed by atoms with E-state index >= 15 is 0 Å². The second kappa shape index (κ2) is 23.6. The minimum atomic E-state index is -5.77.